The normalized spacial score (nSPS) is 11.6. The molecule has 0 aliphatic carbocycles. The zero-order valence-corrected chi connectivity index (χ0v) is 14.3. The summed E-state index contributed by atoms with van der Waals surface area (Å²) < 4.78 is 0. The quantitative estimate of drug-likeness (QED) is 0.582. The zero-order valence-electron chi connectivity index (χ0n) is 13.6. The standard InChI is InChI=1S/C17H18ClN3O4/c1-20(13-8-6-12(18)7-9-13)11-14(22)10-19-17(23)15-4-2-3-5-16(15)21(24)25/h2-9,14,22H,10-11H2,1H3,(H,19,23). The monoisotopic (exact) mass is 363 g/mol. The average molecular weight is 364 g/mol. The highest BCUT2D eigenvalue weighted by Crippen LogP contribution is 2.18. The second-order valence-corrected chi connectivity index (χ2v) is 5.93. The smallest absolute Gasteiger partial charge is 0.282 e. The van der Waals surface area contributed by atoms with E-state index in [0.29, 0.717) is 5.02 Å². The Morgan fingerprint density at radius 3 is 2.56 bits per heavy atom. The molecule has 2 aromatic rings. The van der Waals surface area contributed by atoms with E-state index in [1.807, 2.05) is 17.0 Å². The summed E-state index contributed by atoms with van der Waals surface area (Å²) in [6.07, 6.45) is -0.840. The van der Waals surface area contributed by atoms with Crippen LogP contribution < -0.4 is 10.2 Å². The highest BCUT2D eigenvalue weighted by atomic mass is 35.5. The van der Waals surface area contributed by atoms with Crippen molar-refractivity contribution >= 4 is 28.9 Å². The van der Waals surface area contributed by atoms with E-state index in [4.69, 9.17) is 11.6 Å². The Balaban J connectivity index is 1.91. The number of nitro benzene ring substituents is 1. The summed E-state index contributed by atoms with van der Waals surface area (Å²) in [6.45, 7) is 0.252. The van der Waals surface area contributed by atoms with Gasteiger partial charge in [-0.1, -0.05) is 23.7 Å². The molecule has 2 aromatic carbocycles. The van der Waals surface area contributed by atoms with Crippen molar-refractivity contribution in [3.63, 3.8) is 0 Å². The number of aliphatic hydroxyl groups is 1. The van der Waals surface area contributed by atoms with Crippen LogP contribution in [-0.4, -0.2) is 42.2 Å². The van der Waals surface area contributed by atoms with Gasteiger partial charge in [0.15, 0.2) is 0 Å². The summed E-state index contributed by atoms with van der Waals surface area (Å²) in [5.41, 5.74) is 0.562. The van der Waals surface area contributed by atoms with E-state index >= 15 is 0 Å². The van der Waals surface area contributed by atoms with Crippen molar-refractivity contribution in [3.05, 3.63) is 69.2 Å². The van der Waals surface area contributed by atoms with Crippen LogP contribution in [0.4, 0.5) is 11.4 Å². The molecule has 0 spiro atoms. The molecule has 0 bridgehead atoms. The number of amides is 1. The van der Waals surface area contributed by atoms with Gasteiger partial charge in [0.05, 0.1) is 11.0 Å². The first-order valence-electron chi connectivity index (χ1n) is 7.55. The minimum atomic E-state index is -0.840. The van der Waals surface area contributed by atoms with E-state index < -0.39 is 16.9 Å². The number of para-hydroxylation sites is 1. The van der Waals surface area contributed by atoms with Crippen LogP contribution >= 0.6 is 11.6 Å². The van der Waals surface area contributed by atoms with E-state index in [1.54, 1.807) is 25.2 Å². The average Bonchev–Trinajstić information content (AvgIpc) is 2.60. The molecule has 0 aliphatic rings. The van der Waals surface area contributed by atoms with E-state index in [9.17, 15) is 20.0 Å². The minimum Gasteiger partial charge on any atom is -0.389 e. The number of rotatable bonds is 7. The molecular weight excluding hydrogens is 346 g/mol. The van der Waals surface area contributed by atoms with Crippen molar-refractivity contribution in [3.8, 4) is 0 Å². The molecular formula is C17H18ClN3O4. The second kappa shape index (κ2) is 8.46. The van der Waals surface area contributed by atoms with Gasteiger partial charge in [-0.2, -0.15) is 0 Å². The fourth-order valence-electron chi connectivity index (χ4n) is 2.31. The van der Waals surface area contributed by atoms with Crippen LogP contribution in [0.5, 0.6) is 0 Å². The molecule has 2 N–H and O–H groups in total. The van der Waals surface area contributed by atoms with Crippen LogP contribution in [0, 0.1) is 10.1 Å². The van der Waals surface area contributed by atoms with Crippen LogP contribution in [0.25, 0.3) is 0 Å². The first-order valence-corrected chi connectivity index (χ1v) is 7.92. The summed E-state index contributed by atoms with van der Waals surface area (Å²) in [4.78, 5) is 24.3. The predicted octanol–water partition coefficient (Wildman–Crippen LogP) is 2.48. The lowest BCUT2D eigenvalue weighted by atomic mass is 10.1. The Hall–Kier alpha value is -2.64. The van der Waals surface area contributed by atoms with Crippen molar-refractivity contribution in [1.82, 2.24) is 5.32 Å². The fraction of sp³-hybridized carbons (Fsp3) is 0.235. The van der Waals surface area contributed by atoms with Crippen molar-refractivity contribution in [2.45, 2.75) is 6.10 Å². The van der Waals surface area contributed by atoms with Crippen LogP contribution in [-0.2, 0) is 0 Å². The molecule has 0 saturated carbocycles. The summed E-state index contributed by atoms with van der Waals surface area (Å²) in [5.74, 6) is -0.597. The third-order valence-electron chi connectivity index (χ3n) is 3.60. The van der Waals surface area contributed by atoms with Gasteiger partial charge in [0.1, 0.15) is 5.56 Å². The first-order chi connectivity index (χ1) is 11.9. The van der Waals surface area contributed by atoms with Gasteiger partial charge < -0.3 is 15.3 Å². The lowest BCUT2D eigenvalue weighted by molar-refractivity contribution is -0.385. The lowest BCUT2D eigenvalue weighted by Gasteiger charge is -2.23. The van der Waals surface area contributed by atoms with Gasteiger partial charge in [-0.25, -0.2) is 0 Å². The zero-order chi connectivity index (χ0) is 18.4. The molecule has 0 heterocycles. The molecule has 0 radical (unpaired) electrons. The lowest BCUT2D eigenvalue weighted by Crippen LogP contribution is -2.39. The van der Waals surface area contributed by atoms with Gasteiger partial charge in [-0.05, 0) is 30.3 Å². The molecule has 2 rings (SSSR count). The minimum absolute atomic E-state index is 0.0250. The van der Waals surface area contributed by atoms with Crippen LogP contribution in [0.3, 0.4) is 0 Å². The molecule has 1 atom stereocenters. The summed E-state index contributed by atoms with van der Waals surface area (Å²) in [5, 5.41) is 24.2. The number of likely N-dealkylation sites (N-methyl/N-ethyl adjacent to an activating group) is 1. The van der Waals surface area contributed by atoms with E-state index in [1.165, 1.54) is 18.2 Å². The molecule has 0 aliphatic heterocycles. The Labute approximate surface area is 150 Å². The number of halogens is 1. The highest BCUT2D eigenvalue weighted by molar-refractivity contribution is 6.30. The van der Waals surface area contributed by atoms with E-state index in [-0.39, 0.29) is 24.3 Å². The molecule has 1 unspecified atom stereocenters. The predicted molar refractivity (Wildman–Crippen MR) is 96.2 cm³/mol. The SMILES string of the molecule is CN(CC(O)CNC(=O)c1ccccc1[N+](=O)[O-])c1ccc(Cl)cc1. The number of aliphatic hydroxyl groups excluding tert-OH is 1. The molecule has 0 fully saturated rings. The van der Waals surface area contributed by atoms with Gasteiger partial charge in [-0.15, -0.1) is 0 Å². The second-order valence-electron chi connectivity index (χ2n) is 5.50. The number of nitrogens with zero attached hydrogens (tertiary/aromatic N) is 2. The first kappa shape index (κ1) is 18.7. The largest absolute Gasteiger partial charge is 0.389 e. The summed E-state index contributed by atoms with van der Waals surface area (Å²) in [7, 11) is 1.80. The number of carbonyl (C=O) groups is 1. The van der Waals surface area contributed by atoms with Crippen LogP contribution in [0.15, 0.2) is 48.5 Å². The van der Waals surface area contributed by atoms with Gasteiger partial charge in [0, 0.05) is 36.9 Å². The van der Waals surface area contributed by atoms with Crippen molar-refractivity contribution in [1.29, 1.82) is 0 Å². The van der Waals surface area contributed by atoms with Crippen molar-refractivity contribution in [2.75, 3.05) is 25.0 Å². The van der Waals surface area contributed by atoms with Gasteiger partial charge >= 0.3 is 0 Å². The Bertz CT molecular complexity index is 752. The van der Waals surface area contributed by atoms with E-state index in [0.717, 1.165) is 5.69 Å². The third-order valence-corrected chi connectivity index (χ3v) is 3.85. The Morgan fingerprint density at radius 2 is 1.92 bits per heavy atom. The van der Waals surface area contributed by atoms with Crippen LogP contribution in [0.1, 0.15) is 10.4 Å². The Morgan fingerprint density at radius 1 is 1.28 bits per heavy atom. The number of anilines is 1. The number of hydrogen-bond donors (Lipinski definition) is 2. The highest BCUT2D eigenvalue weighted by Gasteiger charge is 2.19. The number of benzene rings is 2. The maximum atomic E-state index is 12.1. The fourth-order valence-corrected chi connectivity index (χ4v) is 2.44. The molecule has 0 aromatic heterocycles. The molecule has 25 heavy (non-hydrogen) atoms. The van der Waals surface area contributed by atoms with Gasteiger partial charge in [0.2, 0.25) is 0 Å². The number of hydrogen-bond acceptors (Lipinski definition) is 5. The van der Waals surface area contributed by atoms with Gasteiger partial charge in [-0.3, -0.25) is 14.9 Å². The maximum absolute atomic E-state index is 12.1. The van der Waals surface area contributed by atoms with Crippen molar-refractivity contribution < 1.29 is 14.8 Å². The van der Waals surface area contributed by atoms with Crippen molar-refractivity contribution in [2.24, 2.45) is 0 Å². The summed E-state index contributed by atoms with van der Waals surface area (Å²) in [6, 6.07) is 12.8. The molecule has 132 valence electrons. The maximum Gasteiger partial charge on any atom is 0.282 e. The topological polar surface area (TPSA) is 95.7 Å². The number of nitro groups is 1. The number of nitrogens with one attached hydrogen (secondary N) is 1. The molecule has 8 heteroatoms. The van der Waals surface area contributed by atoms with E-state index in [2.05, 4.69) is 5.32 Å². The molecule has 1 amide bonds. The molecule has 0 saturated heterocycles. The van der Waals surface area contributed by atoms with Crippen LogP contribution in [0.2, 0.25) is 5.02 Å². The summed E-state index contributed by atoms with van der Waals surface area (Å²) >= 11 is 5.84. The molecule has 7 nitrogen and oxygen atoms in total. The number of carbonyl (C=O) groups excluding carboxylic acids is 1. The van der Waals surface area contributed by atoms with Gasteiger partial charge in [0.25, 0.3) is 11.6 Å². The third kappa shape index (κ3) is 5.17. The Kier molecular flexibility index (Phi) is 6.32.